The molecule has 8 heteroatoms. The molecular formula is C26H30N2O5S. The van der Waals surface area contributed by atoms with Gasteiger partial charge in [-0.2, -0.15) is 4.72 Å². The Morgan fingerprint density at radius 3 is 2.26 bits per heavy atom. The number of aryl methyl sites for hydroxylation is 1. The summed E-state index contributed by atoms with van der Waals surface area (Å²) in [6.45, 7) is 2.16. The lowest BCUT2D eigenvalue weighted by Crippen LogP contribution is -2.48. The normalized spacial score (nSPS) is 12.1. The van der Waals surface area contributed by atoms with Crippen molar-refractivity contribution in [3.05, 3.63) is 89.5 Å². The Bertz CT molecular complexity index is 1200. The van der Waals surface area contributed by atoms with Gasteiger partial charge in [-0.3, -0.25) is 4.79 Å². The Morgan fingerprint density at radius 1 is 0.912 bits per heavy atom. The van der Waals surface area contributed by atoms with Crippen LogP contribution in [0.3, 0.4) is 0 Å². The summed E-state index contributed by atoms with van der Waals surface area (Å²) in [4.78, 5) is 13.1. The molecule has 180 valence electrons. The van der Waals surface area contributed by atoms with E-state index in [1.165, 1.54) is 13.2 Å². The standard InChI is InChI=1S/C26H30N2O5S/c1-19-9-14-24(33-3)25(17-19)34(30,31)28-23(18-21-7-5-4-6-8-21)26(29)27-16-15-20-10-12-22(32-2)13-11-20/h4-14,17,23,28H,15-16,18H2,1-3H3,(H,27,29). The predicted molar refractivity (Wildman–Crippen MR) is 132 cm³/mol. The number of ether oxygens (including phenoxy) is 2. The van der Waals surface area contributed by atoms with Crippen LogP contribution in [0, 0.1) is 6.92 Å². The molecule has 3 aromatic carbocycles. The van der Waals surface area contributed by atoms with Crippen molar-refractivity contribution in [2.24, 2.45) is 0 Å². The van der Waals surface area contributed by atoms with Gasteiger partial charge in [0.05, 0.1) is 14.2 Å². The molecule has 0 aliphatic rings. The Morgan fingerprint density at radius 2 is 1.62 bits per heavy atom. The van der Waals surface area contributed by atoms with Crippen LogP contribution in [-0.2, 0) is 27.7 Å². The van der Waals surface area contributed by atoms with Crippen LogP contribution >= 0.6 is 0 Å². The van der Waals surface area contributed by atoms with Crippen molar-refractivity contribution >= 4 is 15.9 Å². The molecule has 0 bridgehead atoms. The van der Waals surface area contributed by atoms with Crippen LogP contribution < -0.4 is 19.5 Å². The Hall–Kier alpha value is -3.36. The maximum atomic E-state index is 13.2. The number of carbonyl (C=O) groups is 1. The molecule has 2 N–H and O–H groups in total. The average molecular weight is 483 g/mol. The lowest BCUT2D eigenvalue weighted by molar-refractivity contribution is -0.122. The molecule has 0 saturated heterocycles. The van der Waals surface area contributed by atoms with Crippen LogP contribution in [0.15, 0.2) is 77.7 Å². The molecule has 0 aliphatic heterocycles. The third-order valence-electron chi connectivity index (χ3n) is 5.38. The van der Waals surface area contributed by atoms with E-state index in [0.717, 1.165) is 22.4 Å². The highest BCUT2D eigenvalue weighted by molar-refractivity contribution is 7.89. The van der Waals surface area contributed by atoms with Crippen LogP contribution in [0.2, 0.25) is 0 Å². The van der Waals surface area contributed by atoms with E-state index in [4.69, 9.17) is 9.47 Å². The molecule has 0 aromatic heterocycles. The van der Waals surface area contributed by atoms with Gasteiger partial charge in [0.2, 0.25) is 15.9 Å². The summed E-state index contributed by atoms with van der Waals surface area (Å²) in [6.07, 6.45) is 0.814. The summed E-state index contributed by atoms with van der Waals surface area (Å²) in [5.74, 6) is 0.584. The maximum Gasteiger partial charge on any atom is 0.244 e. The summed E-state index contributed by atoms with van der Waals surface area (Å²) in [5, 5.41) is 2.87. The number of hydrogen-bond acceptors (Lipinski definition) is 5. The average Bonchev–Trinajstić information content (AvgIpc) is 2.84. The summed E-state index contributed by atoms with van der Waals surface area (Å²) in [6, 6.07) is 20.8. The largest absolute Gasteiger partial charge is 0.497 e. The number of hydrogen-bond donors (Lipinski definition) is 2. The van der Waals surface area contributed by atoms with E-state index in [2.05, 4.69) is 10.0 Å². The van der Waals surface area contributed by atoms with Crippen molar-refractivity contribution in [3.63, 3.8) is 0 Å². The number of sulfonamides is 1. The molecule has 0 saturated carbocycles. The number of nitrogens with one attached hydrogen (secondary N) is 2. The van der Waals surface area contributed by atoms with Gasteiger partial charge in [0.25, 0.3) is 0 Å². The smallest absolute Gasteiger partial charge is 0.244 e. The zero-order valence-corrected chi connectivity index (χ0v) is 20.4. The molecule has 3 aromatic rings. The van der Waals surface area contributed by atoms with E-state index in [1.54, 1.807) is 26.2 Å². The summed E-state index contributed by atoms with van der Waals surface area (Å²) in [7, 11) is -1.00. The van der Waals surface area contributed by atoms with Crippen molar-refractivity contribution in [1.29, 1.82) is 0 Å². The SMILES string of the molecule is COc1ccc(CCNC(=O)C(Cc2ccccc2)NS(=O)(=O)c2cc(C)ccc2OC)cc1. The van der Waals surface area contributed by atoms with E-state index in [0.29, 0.717) is 13.0 Å². The first-order valence-electron chi connectivity index (χ1n) is 10.9. The summed E-state index contributed by atoms with van der Waals surface area (Å²) < 4.78 is 39.5. The van der Waals surface area contributed by atoms with Gasteiger partial charge in [-0.05, 0) is 60.7 Å². The maximum absolute atomic E-state index is 13.2. The number of benzene rings is 3. The van der Waals surface area contributed by atoms with Crippen molar-refractivity contribution in [1.82, 2.24) is 10.0 Å². The molecule has 34 heavy (non-hydrogen) atoms. The van der Waals surface area contributed by atoms with Crippen molar-refractivity contribution in [2.75, 3.05) is 20.8 Å². The molecule has 3 rings (SSSR count). The molecule has 7 nitrogen and oxygen atoms in total. The van der Waals surface area contributed by atoms with E-state index in [9.17, 15) is 13.2 Å². The Balaban J connectivity index is 1.76. The van der Waals surface area contributed by atoms with Crippen molar-refractivity contribution < 1.29 is 22.7 Å². The van der Waals surface area contributed by atoms with Crippen LogP contribution in [0.1, 0.15) is 16.7 Å². The van der Waals surface area contributed by atoms with E-state index < -0.39 is 22.0 Å². The second kappa shape index (κ2) is 11.7. The van der Waals surface area contributed by atoms with Crippen LogP contribution in [-0.4, -0.2) is 41.1 Å². The highest BCUT2D eigenvalue weighted by atomic mass is 32.2. The van der Waals surface area contributed by atoms with Gasteiger partial charge >= 0.3 is 0 Å². The third-order valence-corrected chi connectivity index (χ3v) is 6.87. The minimum absolute atomic E-state index is 0.000838. The van der Waals surface area contributed by atoms with Crippen LogP contribution in [0.4, 0.5) is 0 Å². The van der Waals surface area contributed by atoms with Crippen molar-refractivity contribution in [3.8, 4) is 11.5 Å². The highest BCUT2D eigenvalue weighted by Gasteiger charge is 2.28. The number of carbonyl (C=O) groups excluding carboxylic acids is 1. The Labute approximate surface area is 201 Å². The molecule has 0 fully saturated rings. The minimum atomic E-state index is -4.02. The van der Waals surface area contributed by atoms with Gasteiger partial charge in [0.15, 0.2) is 0 Å². The zero-order valence-electron chi connectivity index (χ0n) is 19.6. The molecular weight excluding hydrogens is 452 g/mol. The van der Waals surface area contributed by atoms with Gasteiger partial charge in [0.1, 0.15) is 22.4 Å². The molecule has 0 radical (unpaired) electrons. The molecule has 0 spiro atoms. The lowest BCUT2D eigenvalue weighted by atomic mass is 10.1. The van der Waals surface area contributed by atoms with Gasteiger partial charge in [-0.1, -0.05) is 48.5 Å². The molecule has 1 atom stereocenters. The van der Waals surface area contributed by atoms with Crippen molar-refractivity contribution in [2.45, 2.75) is 30.7 Å². The molecule has 1 amide bonds. The van der Waals surface area contributed by atoms with Crippen LogP contribution in [0.25, 0.3) is 0 Å². The second-order valence-electron chi connectivity index (χ2n) is 7.91. The van der Waals surface area contributed by atoms with E-state index in [1.807, 2.05) is 54.6 Å². The first kappa shape index (κ1) is 25.3. The fourth-order valence-electron chi connectivity index (χ4n) is 3.53. The summed E-state index contributed by atoms with van der Waals surface area (Å²) >= 11 is 0. The third kappa shape index (κ3) is 6.82. The first-order chi connectivity index (χ1) is 16.3. The van der Waals surface area contributed by atoms with Gasteiger partial charge in [-0.25, -0.2) is 8.42 Å². The lowest BCUT2D eigenvalue weighted by Gasteiger charge is -2.20. The predicted octanol–water partition coefficient (Wildman–Crippen LogP) is 3.26. The molecule has 1 unspecified atom stereocenters. The van der Waals surface area contributed by atoms with Crippen LogP contribution in [0.5, 0.6) is 11.5 Å². The summed E-state index contributed by atoms with van der Waals surface area (Å²) in [5.41, 5.74) is 2.65. The topological polar surface area (TPSA) is 93.7 Å². The zero-order chi connectivity index (χ0) is 24.6. The number of rotatable bonds is 11. The first-order valence-corrected chi connectivity index (χ1v) is 12.4. The Kier molecular flexibility index (Phi) is 8.67. The minimum Gasteiger partial charge on any atom is -0.497 e. The highest BCUT2D eigenvalue weighted by Crippen LogP contribution is 2.25. The molecule has 0 heterocycles. The van der Waals surface area contributed by atoms with E-state index in [-0.39, 0.29) is 17.1 Å². The van der Waals surface area contributed by atoms with E-state index >= 15 is 0 Å². The fraction of sp³-hybridized carbons (Fsp3) is 0.269. The number of amides is 1. The van der Waals surface area contributed by atoms with Gasteiger partial charge in [0, 0.05) is 6.54 Å². The fourth-order valence-corrected chi connectivity index (χ4v) is 4.98. The second-order valence-corrected chi connectivity index (χ2v) is 9.59. The quantitative estimate of drug-likeness (QED) is 0.438. The monoisotopic (exact) mass is 482 g/mol. The van der Waals surface area contributed by atoms with Gasteiger partial charge in [-0.15, -0.1) is 0 Å². The number of methoxy groups -OCH3 is 2. The molecule has 0 aliphatic carbocycles. The van der Waals surface area contributed by atoms with Gasteiger partial charge < -0.3 is 14.8 Å².